The lowest BCUT2D eigenvalue weighted by molar-refractivity contribution is 0.412. The molecule has 0 aliphatic rings. The molecule has 0 aliphatic carbocycles. The number of phenolic OH excluding ortho intramolecular Hbond substituents is 2. The van der Waals surface area contributed by atoms with Crippen LogP contribution in [0.2, 0.25) is 0 Å². The zero-order valence-electron chi connectivity index (χ0n) is 22.7. The maximum Gasteiger partial charge on any atom is 0.296 e. The fourth-order valence-electron chi connectivity index (χ4n) is 3.95. The van der Waals surface area contributed by atoms with Gasteiger partial charge in [-0.25, -0.2) is 8.42 Å². The van der Waals surface area contributed by atoms with Crippen molar-refractivity contribution in [2.24, 2.45) is 20.5 Å². The zero-order valence-corrected chi connectivity index (χ0v) is 24.3. The maximum atomic E-state index is 12.3. The smallest absolute Gasteiger partial charge is 0.296 e. The minimum atomic E-state index is -4.86. The quantitative estimate of drug-likeness (QED) is 0.113. The minimum Gasteiger partial charge on any atom is -0.506 e. The summed E-state index contributed by atoms with van der Waals surface area (Å²) in [5.41, 5.74) is 0.649. The summed E-state index contributed by atoms with van der Waals surface area (Å²) in [6, 6.07) is 13.9. The number of phenols is 2. The summed E-state index contributed by atoms with van der Waals surface area (Å²) in [6.07, 6.45) is 0. The van der Waals surface area contributed by atoms with Crippen molar-refractivity contribution in [1.29, 1.82) is 0 Å². The molecule has 4 rings (SSSR count). The summed E-state index contributed by atoms with van der Waals surface area (Å²) in [5.74, 6) is -0.199. The van der Waals surface area contributed by atoms with Gasteiger partial charge in [-0.3, -0.25) is 4.55 Å². The number of aromatic hydroxyl groups is 2. The third-order valence-corrected chi connectivity index (χ3v) is 8.76. The van der Waals surface area contributed by atoms with E-state index in [1.807, 2.05) is 6.92 Å². The summed E-state index contributed by atoms with van der Waals surface area (Å²) in [6.45, 7) is 3.75. The van der Waals surface area contributed by atoms with Gasteiger partial charge in [0.25, 0.3) is 10.1 Å². The molecule has 4 aromatic rings. The van der Waals surface area contributed by atoms with Crippen molar-refractivity contribution in [3.05, 3.63) is 60.7 Å². The number of hydrogen-bond donors (Lipinski definition) is 4. The molecule has 0 saturated carbocycles. The van der Waals surface area contributed by atoms with Crippen LogP contribution in [0, 0.1) is 0 Å². The molecule has 0 atom stereocenters. The van der Waals surface area contributed by atoms with Crippen LogP contribution < -0.4 is 10.1 Å². The van der Waals surface area contributed by atoms with Crippen molar-refractivity contribution in [3.8, 4) is 17.2 Å². The van der Waals surface area contributed by atoms with Crippen LogP contribution in [0.15, 0.2) is 90.9 Å². The number of azo groups is 2. The second-order valence-corrected chi connectivity index (χ2v) is 12.5. The summed E-state index contributed by atoms with van der Waals surface area (Å²) < 4.78 is 63.6. The first kappa shape index (κ1) is 30.4. The Kier molecular flexibility index (Phi) is 8.75. The van der Waals surface area contributed by atoms with Crippen LogP contribution in [-0.2, 0) is 20.0 Å². The highest BCUT2D eigenvalue weighted by atomic mass is 32.2. The van der Waals surface area contributed by atoms with Gasteiger partial charge in [0.1, 0.15) is 39.1 Å². The van der Waals surface area contributed by atoms with Crippen LogP contribution in [0.3, 0.4) is 0 Å². The first-order valence-corrected chi connectivity index (χ1v) is 15.6. The summed E-state index contributed by atoms with van der Waals surface area (Å²) in [5, 5.41) is 41.3. The van der Waals surface area contributed by atoms with Gasteiger partial charge in [-0.2, -0.15) is 8.42 Å². The standard InChI is InChI=1S/C27H27N5O8S2/c1-4-28-21-11-9-19-18(8-12-22(27(19)34)30-31-23-14-16(40-3)6-13-24(23)33)26(21)32-29-20-10-7-17(41(35,36)5-2)15-25(20)42(37,38)39/h6-15,28,33-34H,4-5H2,1-3H3,(H,37,38,39)/b31-30+,32-29+. The molecule has 4 N–H and O–H groups in total. The molecule has 0 radical (unpaired) electrons. The first-order chi connectivity index (χ1) is 19.9. The van der Waals surface area contributed by atoms with Gasteiger partial charge < -0.3 is 20.3 Å². The van der Waals surface area contributed by atoms with Crippen LogP contribution in [0.4, 0.5) is 28.4 Å². The molecule has 0 aliphatic heterocycles. The normalized spacial score (nSPS) is 12.4. The number of benzene rings is 4. The Morgan fingerprint density at radius 2 is 1.45 bits per heavy atom. The van der Waals surface area contributed by atoms with Crippen molar-refractivity contribution in [2.75, 3.05) is 24.7 Å². The van der Waals surface area contributed by atoms with Crippen molar-refractivity contribution >= 4 is 59.2 Å². The van der Waals surface area contributed by atoms with Gasteiger partial charge in [-0.05, 0) is 61.5 Å². The third kappa shape index (κ3) is 6.32. The van der Waals surface area contributed by atoms with E-state index in [1.54, 1.807) is 24.3 Å². The lowest BCUT2D eigenvalue weighted by atomic mass is 10.1. The molecule has 0 unspecified atom stereocenters. The van der Waals surface area contributed by atoms with Gasteiger partial charge in [0, 0.05) is 23.4 Å². The average molecular weight is 614 g/mol. The molecule has 13 nitrogen and oxygen atoms in total. The molecule has 4 aromatic carbocycles. The molecule has 0 aromatic heterocycles. The van der Waals surface area contributed by atoms with Gasteiger partial charge in [-0.15, -0.1) is 20.5 Å². The number of anilines is 1. The van der Waals surface area contributed by atoms with E-state index in [-0.39, 0.29) is 44.9 Å². The lowest BCUT2D eigenvalue weighted by Crippen LogP contribution is -2.06. The number of nitrogens with one attached hydrogen (secondary N) is 1. The van der Waals surface area contributed by atoms with Gasteiger partial charge >= 0.3 is 0 Å². The number of rotatable bonds is 10. The SMILES string of the molecule is CCNc1ccc2c(O)c(/N=N/c3cc(OC)ccc3O)ccc2c1/N=N/c1ccc(S(=O)(=O)CC)cc1S(=O)(=O)O. The molecular formula is C27H27N5O8S2. The fourth-order valence-corrected chi connectivity index (χ4v) is 5.58. The van der Waals surface area contributed by atoms with E-state index >= 15 is 0 Å². The zero-order chi connectivity index (χ0) is 30.7. The van der Waals surface area contributed by atoms with E-state index in [2.05, 4.69) is 25.8 Å². The molecular weight excluding hydrogens is 586 g/mol. The Balaban J connectivity index is 1.82. The molecule has 220 valence electrons. The highest BCUT2D eigenvalue weighted by Gasteiger charge is 2.21. The molecule has 0 amide bonds. The maximum absolute atomic E-state index is 12.3. The minimum absolute atomic E-state index is 0.0881. The van der Waals surface area contributed by atoms with Crippen molar-refractivity contribution in [2.45, 2.75) is 23.6 Å². The molecule has 0 bridgehead atoms. The second kappa shape index (κ2) is 12.1. The van der Waals surface area contributed by atoms with E-state index in [1.165, 1.54) is 38.3 Å². The largest absolute Gasteiger partial charge is 0.506 e. The van der Waals surface area contributed by atoms with Crippen molar-refractivity contribution in [1.82, 2.24) is 0 Å². The number of methoxy groups -OCH3 is 1. The Labute approximate surface area is 241 Å². The van der Waals surface area contributed by atoms with E-state index in [0.717, 1.165) is 12.1 Å². The fraction of sp³-hybridized carbons (Fsp3) is 0.185. The summed E-state index contributed by atoms with van der Waals surface area (Å²) in [4.78, 5) is -1.01. The average Bonchev–Trinajstić information content (AvgIpc) is 2.96. The van der Waals surface area contributed by atoms with Gasteiger partial charge in [0.2, 0.25) is 0 Å². The number of fused-ring (bicyclic) bond motifs is 1. The number of ether oxygens (including phenoxy) is 1. The predicted octanol–water partition coefficient (Wildman–Crippen LogP) is 6.56. The highest BCUT2D eigenvalue weighted by Crippen LogP contribution is 2.43. The Hall–Kier alpha value is -4.60. The summed E-state index contributed by atoms with van der Waals surface area (Å²) in [7, 11) is -7.16. The molecule has 0 spiro atoms. The number of hydrogen-bond acceptors (Lipinski definition) is 12. The molecule has 0 saturated heterocycles. The molecule has 0 heterocycles. The second-order valence-electron chi connectivity index (χ2n) is 8.78. The molecule has 0 fully saturated rings. The van der Waals surface area contributed by atoms with E-state index in [4.69, 9.17) is 4.74 Å². The Bertz CT molecular complexity index is 1940. The number of nitrogens with zero attached hydrogens (tertiary/aromatic N) is 4. The monoisotopic (exact) mass is 613 g/mol. The lowest BCUT2D eigenvalue weighted by Gasteiger charge is -2.12. The Morgan fingerprint density at radius 1 is 0.786 bits per heavy atom. The molecule has 42 heavy (non-hydrogen) atoms. The van der Waals surface area contributed by atoms with Crippen molar-refractivity contribution in [3.63, 3.8) is 0 Å². The molecule has 15 heteroatoms. The van der Waals surface area contributed by atoms with Crippen LogP contribution in [0.25, 0.3) is 10.8 Å². The van der Waals surface area contributed by atoms with Crippen LogP contribution >= 0.6 is 0 Å². The third-order valence-electron chi connectivity index (χ3n) is 6.14. The van der Waals surface area contributed by atoms with E-state index in [9.17, 15) is 31.6 Å². The number of sulfone groups is 1. The van der Waals surface area contributed by atoms with Crippen LogP contribution in [0.5, 0.6) is 17.2 Å². The van der Waals surface area contributed by atoms with Crippen molar-refractivity contribution < 1.29 is 36.3 Å². The van der Waals surface area contributed by atoms with Gasteiger partial charge in [-0.1, -0.05) is 6.92 Å². The van der Waals surface area contributed by atoms with E-state index in [0.29, 0.717) is 28.8 Å². The highest BCUT2D eigenvalue weighted by molar-refractivity contribution is 7.91. The first-order valence-electron chi connectivity index (χ1n) is 12.5. The van der Waals surface area contributed by atoms with Crippen LogP contribution in [-0.4, -0.2) is 51.0 Å². The van der Waals surface area contributed by atoms with Gasteiger partial charge in [0.15, 0.2) is 15.6 Å². The van der Waals surface area contributed by atoms with Gasteiger partial charge in [0.05, 0.1) is 23.4 Å². The summed E-state index contributed by atoms with van der Waals surface area (Å²) >= 11 is 0. The van der Waals surface area contributed by atoms with Crippen LogP contribution in [0.1, 0.15) is 13.8 Å². The topological polar surface area (TPSA) is 200 Å². The Morgan fingerprint density at radius 3 is 2.12 bits per heavy atom. The predicted molar refractivity (Wildman–Crippen MR) is 157 cm³/mol. The van der Waals surface area contributed by atoms with E-state index < -0.39 is 24.9 Å².